The topological polar surface area (TPSA) is 63.3 Å². The number of rotatable bonds is 3. The maximum absolute atomic E-state index is 13.0. The Bertz CT molecular complexity index is 325. The molecule has 3 nitrogen and oxygen atoms in total. The van der Waals surface area contributed by atoms with Crippen molar-refractivity contribution in [1.29, 1.82) is 0 Å². The third kappa shape index (κ3) is 2.26. The first-order valence-corrected chi connectivity index (χ1v) is 3.87. The maximum atomic E-state index is 13.0. The second kappa shape index (κ2) is 4.00. The molecule has 0 aliphatic rings. The molecule has 0 saturated carbocycles. The van der Waals surface area contributed by atoms with Gasteiger partial charge in [-0.05, 0) is 36.7 Å². The lowest BCUT2D eigenvalue weighted by molar-refractivity contribution is 0.0696. The van der Waals surface area contributed by atoms with Crippen LogP contribution >= 0.6 is 0 Å². The van der Waals surface area contributed by atoms with Crippen LogP contribution in [0.25, 0.3) is 0 Å². The van der Waals surface area contributed by atoms with Crippen LogP contribution in [0.1, 0.15) is 15.9 Å². The number of hydrogen-bond acceptors (Lipinski definition) is 2. The highest BCUT2D eigenvalue weighted by Crippen LogP contribution is 2.10. The average molecular weight is 183 g/mol. The number of hydrogen-bond donors (Lipinski definition) is 2. The summed E-state index contributed by atoms with van der Waals surface area (Å²) in [5.41, 5.74) is 5.68. The van der Waals surface area contributed by atoms with Gasteiger partial charge in [0.1, 0.15) is 5.82 Å². The Morgan fingerprint density at radius 1 is 1.54 bits per heavy atom. The van der Waals surface area contributed by atoms with E-state index in [0.717, 1.165) is 6.07 Å². The molecule has 0 fully saturated rings. The van der Waals surface area contributed by atoms with Gasteiger partial charge in [-0.1, -0.05) is 0 Å². The third-order valence-corrected chi connectivity index (χ3v) is 1.71. The lowest BCUT2D eigenvalue weighted by atomic mass is 10.1. The predicted octanol–water partition coefficient (Wildman–Crippen LogP) is 1.03. The van der Waals surface area contributed by atoms with Crippen LogP contribution in [0.15, 0.2) is 18.2 Å². The number of aromatic carboxylic acids is 1. The van der Waals surface area contributed by atoms with E-state index in [1.807, 2.05) is 0 Å². The van der Waals surface area contributed by atoms with Gasteiger partial charge in [-0.2, -0.15) is 0 Å². The highest BCUT2D eigenvalue weighted by atomic mass is 19.1. The maximum Gasteiger partial charge on any atom is 0.335 e. The van der Waals surface area contributed by atoms with Crippen molar-refractivity contribution in [3.05, 3.63) is 35.1 Å². The Kier molecular flexibility index (Phi) is 2.97. The van der Waals surface area contributed by atoms with Gasteiger partial charge in [0.25, 0.3) is 0 Å². The molecule has 0 aliphatic carbocycles. The van der Waals surface area contributed by atoms with Crippen molar-refractivity contribution in [2.45, 2.75) is 6.42 Å². The fraction of sp³-hybridized carbons (Fsp3) is 0.222. The van der Waals surface area contributed by atoms with Gasteiger partial charge in [0, 0.05) is 0 Å². The van der Waals surface area contributed by atoms with Crippen LogP contribution in [0.2, 0.25) is 0 Å². The molecule has 0 atom stereocenters. The summed E-state index contributed by atoms with van der Waals surface area (Å²) in [6.45, 7) is 0.306. The molecule has 70 valence electrons. The zero-order chi connectivity index (χ0) is 9.84. The van der Waals surface area contributed by atoms with Crippen LogP contribution in [0.3, 0.4) is 0 Å². The molecule has 13 heavy (non-hydrogen) atoms. The van der Waals surface area contributed by atoms with E-state index in [2.05, 4.69) is 0 Å². The zero-order valence-corrected chi connectivity index (χ0v) is 6.96. The minimum atomic E-state index is -1.06. The van der Waals surface area contributed by atoms with Crippen LogP contribution in [-0.4, -0.2) is 17.6 Å². The van der Waals surface area contributed by atoms with Crippen LogP contribution in [-0.2, 0) is 6.42 Å². The monoisotopic (exact) mass is 183 g/mol. The van der Waals surface area contributed by atoms with Gasteiger partial charge in [-0.25, -0.2) is 9.18 Å². The lowest BCUT2D eigenvalue weighted by Crippen LogP contribution is -2.06. The van der Waals surface area contributed by atoms with E-state index >= 15 is 0 Å². The Labute approximate surface area is 75.0 Å². The molecular weight excluding hydrogens is 173 g/mol. The van der Waals surface area contributed by atoms with Gasteiger partial charge in [-0.3, -0.25) is 0 Å². The van der Waals surface area contributed by atoms with Crippen molar-refractivity contribution in [2.75, 3.05) is 6.54 Å². The summed E-state index contributed by atoms with van der Waals surface area (Å²) < 4.78 is 13.0. The van der Waals surface area contributed by atoms with E-state index in [-0.39, 0.29) is 5.56 Å². The minimum absolute atomic E-state index is 0.0878. The Morgan fingerprint density at radius 2 is 2.23 bits per heavy atom. The second-order valence-electron chi connectivity index (χ2n) is 2.65. The highest BCUT2D eigenvalue weighted by molar-refractivity contribution is 5.87. The van der Waals surface area contributed by atoms with Gasteiger partial charge in [0.05, 0.1) is 5.56 Å². The van der Waals surface area contributed by atoms with Gasteiger partial charge >= 0.3 is 5.97 Å². The van der Waals surface area contributed by atoms with Crippen molar-refractivity contribution >= 4 is 5.97 Å². The summed E-state index contributed by atoms with van der Waals surface area (Å²) >= 11 is 0. The fourth-order valence-corrected chi connectivity index (χ4v) is 1.05. The average Bonchev–Trinajstić information content (AvgIpc) is 2.08. The molecule has 0 aliphatic heterocycles. The van der Waals surface area contributed by atoms with E-state index < -0.39 is 11.8 Å². The molecule has 0 radical (unpaired) electrons. The molecule has 1 rings (SSSR count). The summed E-state index contributed by atoms with van der Waals surface area (Å²) in [7, 11) is 0. The third-order valence-electron chi connectivity index (χ3n) is 1.71. The molecule has 4 heteroatoms. The van der Waals surface area contributed by atoms with Gasteiger partial charge in [0.15, 0.2) is 0 Å². The number of carboxylic acid groups (broad SMARTS) is 1. The fourth-order valence-electron chi connectivity index (χ4n) is 1.05. The van der Waals surface area contributed by atoms with Crippen LogP contribution in [0.4, 0.5) is 4.39 Å². The van der Waals surface area contributed by atoms with Crippen LogP contribution < -0.4 is 5.73 Å². The SMILES string of the molecule is NCCc1cc(C(=O)O)ccc1F. The number of nitrogens with two attached hydrogens (primary N) is 1. The lowest BCUT2D eigenvalue weighted by Gasteiger charge is -2.02. The summed E-state index contributed by atoms with van der Waals surface area (Å²) in [6, 6.07) is 3.69. The van der Waals surface area contributed by atoms with Crippen molar-refractivity contribution in [3.63, 3.8) is 0 Å². The molecule has 1 aromatic carbocycles. The molecule has 1 aromatic rings. The van der Waals surface area contributed by atoms with E-state index in [0.29, 0.717) is 18.5 Å². The molecule has 0 aromatic heterocycles. The van der Waals surface area contributed by atoms with Crippen molar-refractivity contribution in [2.24, 2.45) is 5.73 Å². The quantitative estimate of drug-likeness (QED) is 0.735. The number of carboxylic acids is 1. The first-order valence-electron chi connectivity index (χ1n) is 3.87. The Balaban J connectivity index is 3.03. The van der Waals surface area contributed by atoms with Crippen LogP contribution in [0.5, 0.6) is 0 Å². The summed E-state index contributed by atoms with van der Waals surface area (Å²) in [4.78, 5) is 10.5. The molecule has 0 amide bonds. The van der Waals surface area contributed by atoms with E-state index in [1.54, 1.807) is 0 Å². The summed E-state index contributed by atoms with van der Waals surface area (Å²) in [6.07, 6.45) is 0.354. The zero-order valence-electron chi connectivity index (χ0n) is 6.96. The van der Waals surface area contributed by atoms with E-state index in [9.17, 15) is 9.18 Å². The Hall–Kier alpha value is -1.42. The number of halogens is 1. The second-order valence-corrected chi connectivity index (χ2v) is 2.65. The normalized spacial score (nSPS) is 10.0. The molecule has 0 unspecified atom stereocenters. The first kappa shape index (κ1) is 9.67. The van der Waals surface area contributed by atoms with E-state index in [4.69, 9.17) is 10.8 Å². The Morgan fingerprint density at radius 3 is 2.77 bits per heavy atom. The van der Waals surface area contributed by atoms with Gasteiger partial charge < -0.3 is 10.8 Å². The smallest absolute Gasteiger partial charge is 0.335 e. The van der Waals surface area contributed by atoms with Crippen molar-refractivity contribution in [3.8, 4) is 0 Å². The molecule has 0 bridgehead atoms. The molecule has 3 N–H and O–H groups in total. The molecule has 0 saturated heterocycles. The minimum Gasteiger partial charge on any atom is -0.478 e. The van der Waals surface area contributed by atoms with Crippen molar-refractivity contribution < 1.29 is 14.3 Å². The highest BCUT2D eigenvalue weighted by Gasteiger charge is 2.07. The molecular formula is C9H10FNO2. The van der Waals surface area contributed by atoms with Crippen molar-refractivity contribution in [1.82, 2.24) is 0 Å². The van der Waals surface area contributed by atoms with E-state index in [1.165, 1.54) is 12.1 Å². The van der Waals surface area contributed by atoms with Gasteiger partial charge in [0.2, 0.25) is 0 Å². The molecule has 0 spiro atoms. The largest absolute Gasteiger partial charge is 0.478 e. The van der Waals surface area contributed by atoms with Gasteiger partial charge in [-0.15, -0.1) is 0 Å². The number of carbonyl (C=O) groups is 1. The first-order chi connectivity index (χ1) is 6.15. The summed E-state index contributed by atoms with van der Waals surface area (Å²) in [5, 5.41) is 8.61. The predicted molar refractivity (Wildman–Crippen MR) is 46.1 cm³/mol. The number of benzene rings is 1. The summed E-state index contributed by atoms with van der Waals surface area (Å²) in [5.74, 6) is -1.46. The van der Waals surface area contributed by atoms with Crippen LogP contribution in [0, 0.1) is 5.82 Å². The standard InChI is InChI=1S/C9H10FNO2/c10-8-2-1-7(9(12)13)5-6(8)3-4-11/h1-2,5H,3-4,11H2,(H,12,13). The molecule has 0 heterocycles.